The van der Waals surface area contributed by atoms with Gasteiger partial charge in [0.15, 0.2) is 5.60 Å². The number of ether oxygens (including phenoxy) is 1. The smallest absolute Gasteiger partial charge is 0.337 e. The van der Waals surface area contributed by atoms with Crippen molar-refractivity contribution < 1.29 is 34.4 Å². The number of carboxylic acid groups (broad SMARTS) is 3. The lowest BCUT2D eigenvalue weighted by atomic mass is 9.95. The van der Waals surface area contributed by atoms with Crippen LogP contribution in [0.15, 0.2) is 12.2 Å². The van der Waals surface area contributed by atoms with Gasteiger partial charge < -0.3 is 20.1 Å². The largest absolute Gasteiger partial charge is 0.481 e. The summed E-state index contributed by atoms with van der Waals surface area (Å²) in [6.07, 6.45) is 18.8. The van der Waals surface area contributed by atoms with E-state index in [4.69, 9.17) is 14.9 Å². The van der Waals surface area contributed by atoms with Crippen molar-refractivity contribution in [2.24, 2.45) is 0 Å². The Labute approximate surface area is 186 Å². The van der Waals surface area contributed by atoms with Gasteiger partial charge in [-0.15, -0.1) is 0 Å². The van der Waals surface area contributed by atoms with Crippen LogP contribution in [-0.2, 0) is 19.1 Å². The number of allylic oxidation sites excluding steroid dienone is 2. The van der Waals surface area contributed by atoms with E-state index in [0.29, 0.717) is 6.42 Å². The summed E-state index contributed by atoms with van der Waals surface area (Å²) in [6.45, 7) is 2.27. The molecule has 0 unspecified atom stereocenters. The predicted octanol–water partition coefficient (Wildman–Crippen LogP) is 5.81. The molecule has 180 valence electrons. The van der Waals surface area contributed by atoms with E-state index in [-0.39, 0.29) is 6.61 Å². The minimum absolute atomic E-state index is 0.0358. The molecule has 0 aliphatic rings. The highest BCUT2D eigenvalue weighted by atomic mass is 16.5. The molecule has 0 saturated carbocycles. The summed E-state index contributed by atoms with van der Waals surface area (Å²) in [4.78, 5) is 33.3. The molecular formula is C24H42O7. The van der Waals surface area contributed by atoms with Crippen molar-refractivity contribution in [3.63, 3.8) is 0 Å². The number of hydrogen-bond acceptors (Lipinski definition) is 4. The molecule has 0 atom stereocenters. The van der Waals surface area contributed by atoms with E-state index in [1.807, 2.05) is 0 Å². The first-order chi connectivity index (χ1) is 14.8. The van der Waals surface area contributed by atoms with Crippen LogP contribution in [0.4, 0.5) is 0 Å². The summed E-state index contributed by atoms with van der Waals surface area (Å²) in [5, 5.41) is 27.1. The number of unbranched alkanes of at least 4 members (excludes halogenated alkanes) is 12. The maximum Gasteiger partial charge on any atom is 0.337 e. The molecule has 0 spiro atoms. The predicted molar refractivity (Wildman–Crippen MR) is 120 cm³/mol. The quantitative estimate of drug-likeness (QED) is 0.143. The van der Waals surface area contributed by atoms with Gasteiger partial charge >= 0.3 is 17.9 Å². The lowest BCUT2D eigenvalue weighted by Gasteiger charge is -2.26. The molecule has 0 rings (SSSR count). The van der Waals surface area contributed by atoms with Crippen molar-refractivity contribution in [3.05, 3.63) is 12.2 Å². The third kappa shape index (κ3) is 16.5. The Morgan fingerprint density at radius 3 is 1.52 bits per heavy atom. The normalized spacial score (nSPS) is 11.8. The molecule has 0 radical (unpaired) electrons. The molecule has 0 aromatic carbocycles. The second-order valence-electron chi connectivity index (χ2n) is 8.23. The van der Waals surface area contributed by atoms with Crippen LogP contribution in [0.5, 0.6) is 0 Å². The van der Waals surface area contributed by atoms with E-state index < -0.39 is 36.4 Å². The molecule has 0 amide bonds. The minimum Gasteiger partial charge on any atom is -0.481 e. The molecule has 0 aliphatic heterocycles. The van der Waals surface area contributed by atoms with Crippen LogP contribution in [0.25, 0.3) is 0 Å². The van der Waals surface area contributed by atoms with E-state index in [1.165, 1.54) is 44.9 Å². The van der Waals surface area contributed by atoms with Crippen LogP contribution < -0.4 is 0 Å². The third-order valence-electron chi connectivity index (χ3n) is 5.30. The van der Waals surface area contributed by atoms with Gasteiger partial charge in [0.2, 0.25) is 0 Å². The summed E-state index contributed by atoms with van der Waals surface area (Å²) in [5.41, 5.74) is -2.21. The molecule has 0 aliphatic carbocycles. The maximum atomic E-state index is 11.4. The Morgan fingerprint density at radius 1 is 0.677 bits per heavy atom. The topological polar surface area (TPSA) is 121 Å². The van der Waals surface area contributed by atoms with E-state index >= 15 is 0 Å². The molecule has 3 N–H and O–H groups in total. The molecule has 0 saturated heterocycles. The van der Waals surface area contributed by atoms with Gasteiger partial charge in [0.1, 0.15) is 0 Å². The van der Waals surface area contributed by atoms with Crippen LogP contribution in [0.3, 0.4) is 0 Å². The zero-order valence-corrected chi connectivity index (χ0v) is 19.2. The first kappa shape index (κ1) is 29.1. The van der Waals surface area contributed by atoms with Crippen LogP contribution in [-0.4, -0.2) is 45.4 Å². The van der Waals surface area contributed by atoms with Gasteiger partial charge in [-0.3, -0.25) is 9.59 Å². The summed E-state index contributed by atoms with van der Waals surface area (Å²) in [6, 6.07) is 0. The monoisotopic (exact) mass is 442 g/mol. The number of rotatable bonds is 22. The highest BCUT2D eigenvalue weighted by Crippen LogP contribution is 2.23. The molecule has 0 fully saturated rings. The molecule has 7 heteroatoms. The fourth-order valence-electron chi connectivity index (χ4n) is 3.48. The molecular weight excluding hydrogens is 400 g/mol. The molecule has 0 aromatic rings. The first-order valence-electron chi connectivity index (χ1n) is 11.8. The summed E-state index contributed by atoms with van der Waals surface area (Å²) in [5.74, 6) is -4.35. The Morgan fingerprint density at radius 2 is 1.10 bits per heavy atom. The molecule has 0 aromatic heterocycles. The Kier molecular flexibility index (Phi) is 17.7. The van der Waals surface area contributed by atoms with Crippen molar-refractivity contribution in [2.75, 3.05) is 6.61 Å². The fraction of sp³-hybridized carbons (Fsp3) is 0.792. The molecule has 0 heterocycles. The minimum atomic E-state index is -2.21. The van der Waals surface area contributed by atoms with Gasteiger partial charge in [-0.05, 0) is 32.1 Å². The number of carbonyl (C=O) groups is 3. The molecule has 0 bridgehead atoms. The van der Waals surface area contributed by atoms with Crippen LogP contribution in [0, 0.1) is 0 Å². The van der Waals surface area contributed by atoms with Crippen molar-refractivity contribution >= 4 is 17.9 Å². The zero-order valence-electron chi connectivity index (χ0n) is 19.2. The van der Waals surface area contributed by atoms with E-state index in [2.05, 4.69) is 19.1 Å². The van der Waals surface area contributed by atoms with Gasteiger partial charge in [-0.1, -0.05) is 76.9 Å². The summed E-state index contributed by atoms with van der Waals surface area (Å²) >= 11 is 0. The van der Waals surface area contributed by atoms with Gasteiger partial charge in [0, 0.05) is 6.61 Å². The Balaban J connectivity index is 3.78. The van der Waals surface area contributed by atoms with Crippen molar-refractivity contribution in [1.29, 1.82) is 0 Å². The second kappa shape index (κ2) is 18.8. The summed E-state index contributed by atoms with van der Waals surface area (Å²) < 4.78 is 5.26. The van der Waals surface area contributed by atoms with Crippen LogP contribution in [0.1, 0.15) is 110 Å². The molecule has 7 nitrogen and oxygen atoms in total. The van der Waals surface area contributed by atoms with Crippen molar-refractivity contribution in [2.45, 2.75) is 115 Å². The number of aliphatic carboxylic acids is 3. The SMILES string of the molecule is CCCCCCCC/C=C\CCCCCCCCOC(CC(=O)O)(CC(=O)O)C(=O)O. The standard InChI is InChI=1S/C24H42O7/c1-2-3-4-5-6-7-8-9-10-11-12-13-14-15-16-17-18-31-24(23(29)30,19-21(25)26)20-22(27)28/h9-10H,2-8,11-20H2,1H3,(H,25,26)(H,27,28)(H,29,30)/b10-9-. The Hall–Kier alpha value is -1.89. The number of carboxylic acids is 3. The maximum absolute atomic E-state index is 11.4. The van der Waals surface area contributed by atoms with E-state index in [9.17, 15) is 19.5 Å². The third-order valence-corrected chi connectivity index (χ3v) is 5.30. The number of hydrogen-bond donors (Lipinski definition) is 3. The van der Waals surface area contributed by atoms with E-state index in [1.54, 1.807) is 0 Å². The average molecular weight is 443 g/mol. The summed E-state index contributed by atoms with van der Waals surface area (Å²) in [7, 11) is 0. The van der Waals surface area contributed by atoms with Crippen molar-refractivity contribution in [3.8, 4) is 0 Å². The Bertz CT molecular complexity index is 512. The highest BCUT2D eigenvalue weighted by molar-refractivity contribution is 5.88. The first-order valence-corrected chi connectivity index (χ1v) is 11.8. The highest BCUT2D eigenvalue weighted by Gasteiger charge is 2.44. The van der Waals surface area contributed by atoms with Crippen LogP contribution >= 0.6 is 0 Å². The zero-order chi connectivity index (χ0) is 23.4. The lowest BCUT2D eigenvalue weighted by Crippen LogP contribution is -2.45. The average Bonchev–Trinajstić information content (AvgIpc) is 2.69. The molecule has 31 heavy (non-hydrogen) atoms. The van der Waals surface area contributed by atoms with Gasteiger partial charge in [0.05, 0.1) is 12.8 Å². The lowest BCUT2D eigenvalue weighted by molar-refractivity contribution is -0.178. The van der Waals surface area contributed by atoms with Crippen molar-refractivity contribution in [1.82, 2.24) is 0 Å². The van der Waals surface area contributed by atoms with Gasteiger partial charge in [0.25, 0.3) is 0 Å². The van der Waals surface area contributed by atoms with Gasteiger partial charge in [-0.25, -0.2) is 4.79 Å². The second-order valence-corrected chi connectivity index (χ2v) is 8.23. The van der Waals surface area contributed by atoms with Gasteiger partial charge in [-0.2, -0.15) is 0 Å². The van der Waals surface area contributed by atoms with E-state index in [0.717, 1.165) is 38.5 Å². The fourth-order valence-corrected chi connectivity index (χ4v) is 3.48. The van der Waals surface area contributed by atoms with Crippen LogP contribution in [0.2, 0.25) is 0 Å².